The van der Waals surface area contributed by atoms with Crippen molar-refractivity contribution >= 4 is 33.5 Å². The first-order valence-corrected chi connectivity index (χ1v) is 8.47. The van der Waals surface area contributed by atoms with Gasteiger partial charge in [-0.1, -0.05) is 30.3 Å². The van der Waals surface area contributed by atoms with E-state index in [-0.39, 0.29) is 5.91 Å². The summed E-state index contributed by atoms with van der Waals surface area (Å²) in [7, 11) is 0. The van der Waals surface area contributed by atoms with Crippen molar-refractivity contribution in [3.05, 3.63) is 81.8 Å². The van der Waals surface area contributed by atoms with Gasteiger partial charge >= 0.3 is 5.76 Å². The van der Waals surface area contributed by atoms with Crippen LogP contribution in [-0.2, 0) is 6.54 Å². The summed E-state index contributed by atoms with van der Waals surface area (Å²) in [5.74, 6) is -0.729. The first kappa shape index (κ1) is 15.3. The Labute approximate surface area is 146 Å². The molecule has 2 aromatic heterocycles. The number of carbonyl (C=O) groups excluding carboxylic acids is 1. The summed E-state index contributed by atoms with van der Waals surface area (Å²) in [6, 6.07) is 14.5. The number of anilines is 1. The van der Waals surface area contributed by atoms with Gasteiger partial charge in [-0.3, -0.25) is 14.7 Å². The molecule has 0 radical (unpaired) electrons. The van der Waals surface area contributed by atoms with Gasteiger partial charge in [0.05, 0.1) is 12.1 Å². The summed E-state index contributed by atoms with van der Waals surface area (Å²) in [5.41, 5.74) is 2.45. The van der Waals surface area contributed by atoms with Crippen LogP contribution in [0.3, 0.4) is 0 Å². The molecule has 0 fully saturated rings. The highest BCUT2D eigenvalue weighted by Gasteiger charge is 2.14. The van der Waals surface area contributed by atoms with Crippen LogP contribution in [0.1, 0.15) is 15.9 Å². The smallest absolute Gasteiger partial charge is 0.408 e. The Balaban J connectivity index is 1.70. The van der Waals surface area contributed by atoms with Gasteiger partial charge in [0.15, 0.2) is 10.7 Å². The molecule has 2 heterocycles. The topological polar surface area (TPSA) is 77.1 Å². The molecule has 0 saturated heterocycles. The highest BCUT2D eigenvalue weighted by atomic mass is 32.1. The maximum Gasteiger partial charge on any atom is 0.420 e. The molecule has 0 spiro atoms. The van der Waals surface area contributed by atoms with Crippen LogP contribution in [0.4, 0.5) is 5.13 Å². The van der Waals surface area contributed by atoms with E-state index < -0.39 is 5.76 Å². The zero-order valence-electron chi connectivity index (χ0n) is 13.0. The SMILES string of the molecule is O=C(Nc1nccs1)c1ccc2oc(=O)n(Cc3ccccc3)c2c1. The molecule has 2 aromatic carbocycles. The Bertz CT molecular complexity index is 1080. The lowest BCUT2D eigenvalue weighted by molar-refractivity contribution is 0.102. The van der Waals surface area contributed by atoms with E-state index in [1.807, 2.05) is 30.3 Å². The van der Waals surface area contributed by atoms with Gasteiger partial charge in [0.25, 0.3) is 5.91 Å². The minimum absolute atomic E-state index is 0.281. The summed E-state index contributed by atoms with van der Waals surface area (Å²) in [6.07, 6.45) is 1.62. The number of nitrogens with one attached hydrogen (secondary N) is 1. The van der Waals surface area contributed by atoms with E-state index in [0.29, 0.717) is 28.3 Å². The Kier molecular flexibility index (Phi) is 3.91. The first-order chi connectivity index (χ1) is 12.2. The molecule has 7 heteroatoms. The second-order valence-corrected chi connectivity index (χ2v) is 6.31. The third kappa shape index (κ3) is 3.09. The lowest BCUT2D eigenvalue weighted by Crippen LogP contribution is -2.15. The number of carbonyl (C=O) groups is 1. The van der Waals surface area contributed by atoms with Crippen LogP contribution in [0.2, 0.25) is 0 Å². The van der Waals surface area contributed by atoms with Crippen LogP contribution in [-0.4, -0.2) is 15.5 Å². The second kappa shape index (κ2) is 6.37. The standard InChI is InChI=1S/C18H13N3O3S/c22-16(20-17-19-8-9-25-17)13-6-7-15-14(10-13)21(18(23)24-15)11-12-4-2-1-3-5-12/h1-10H,11H2,(H,19,20,22). The van der Waals surface area contributed by atoms with Crippen molar-refractivity contribution in [2.45, 2.75) is 6.54 Å². The van der Waals surface area contributed by atoms with Crippen molar-refractivity contribution < 1.29 is 9.21 Å². The molecule has 4 aromatic rings. The van der Waals surface area contributed by atoms with Gasteiger partial charge in [-0.15, -0.1) is 11.3 Å². The van der Waals surface area contributed by atoms with Gasteiger partial charge in [-0.2, -0.15) is 0 Å². The number of fused-ring (bicyclic) bond motifs is 1. The average Bonchev–Trinajstić information content (AvgIpc) is 3.24. The highest BCUT2D eigenvalue weighted by molar-refractivity contribution is 7.13. The van der Waals surface area contributed by atoms with Crippen molar-refractivity contribution in [3.63, 3.8) is 0 Å². The largest absolute Gasteiger partial charge is 0.420 e. The predicted molar refractivity (Wildman–Crippen MR) is 96.1 cm³/mol. The number of nitrogens with zero attached hydrogens (tertiary/aromatic N) is 2. The molecule has 1 amide bonds. The van der Waals surface area contributed by atoms with Gasteiger partial charge in [0.1, 0.15) is 0 Å². The normalized spacial score (nSPS) is 10.9. The predicted octanol–water partition coefficient (Wildman–Crippen LogP) is 3.35. The molecule has 0 aliphatic carbocycles. The van der Waals surface area contributed by atoms with E-state index in [2.05, 4.69) is 10.3 Å². The molecule has 0 aliphatic heterocycles. The quantitative estimate of drug-likeness (QED) is 0.612. The number of oxazole rings is 1. The zero-order valence-corrected chi connectivity index (χ0v) is 13.8. The van der Waals surface area contributed by atoms with Crippen LogP contribution in [0.15, 0.2) is 69.3 Å². The van der Waals surface area contributed by atoms with Crippen molar-refractivity contribution in [1.29, 1.82) is 0 Å². The van der Waals surface area contributed by atoms with Crippen molar-refractivity contribution in [2.24, 2.45) is 0 Å². The van der Waals surface area contributed by atoms with E-state index in [0.717, 1.165) is 5.56 Å². The molecular weight excluding hydrogens is 338 g/mol. The summed E-state index contributed by atoms with van der Waals surface area (Å²) in [5, 5.41) is 5.04. The van der Waals surface area contributed by atoms with E-state index in [1.54, 1.807) is 29.8 Å². The molecule has 124 valence electrons. The Morgan fingerprint density at radius 3 is 2.80 bits per heavy atom. The molecule has 1 N–H and O–H groups in total. The summed E-state index contributed by atoms with van der Waals surface area (Å²) >= 11 is 1.34. The number of benzene rings is 2. The molecule has 0 atom stereocenters. The number of aromatic nitrogens is 2. The zero-order chi connectivity index (χ0) is 17.2. The summed E-state index contributed by atoms with van der Waals surface area (Å²) in [6.45, 7) is 0.379. The first-order valence-electron chi connectivity index (χ1n) is 7.59. The van der Waals surface area contributed by atoms with E-state index in [9.17, 15) is 9.59 Å². The fraction of sp³-hybridized carbons (Fsp3) is 0.0556. The maximum atomic E-state index is 12.4. The lowest BCUT2D eigenvalue weighted by Gasteiger charge is -2.04. The van der Waals surface area contributed by atoms with Gasteiger partial charge in [-0.05, 0) is 23.8 Å². The Morgan fingerprint density at radius 1 is 1.20 bits per heavy atom. The molecule has 25 heavy (non-hydrogen) atoms. The Morgan fingerprint density at radius 2 is 2.04 bits per heavy atom. The third-order valence-corrected chi connectivity index (χ3v) is 4.45. The second-order valence-electron chi connectivity index (χ2n) is 5.41. The highest BCUT2D eigenvalue weighted by Crippen LogP contribution is 2.18. The molecule has 0 saturated carbocycles. The maximum absolute atomic E-state index is 12.4. The summed E-state index contributed by atoms with van der Waals surface area (Å²) < 4.78 is 6.80. The van der Waals surface area contributed by atoms with E-state index in [4.69, 9.17) is 4.42 Å². The van der Waals surface area contributed by atoms with Crippen LogP contribution in [0.5, 0.6) is 0 Å². The van der Waals surface area contributed by atoms with Crippen LogP contribution < -0.4 is 11.1 Å². The molecule has 6 nitrogen and oxygen atoms in total. The van der Waals surface area contributed by atoms with E-state index >= 15 is 0 Å². The number of hydrogen-bond acceptors (Lipinski definition) is 5. The van der Waals surface area contributed by atoms with Crippen LogP contribution in [0.25, 0.3) is 11.1 Å². The molecule has 0 bridgehead atoms. The fourth-order valence-electron chi connectivity index (χ4n) is 2.57. The van der Waals surface area contributed by atoms with Crippen molar-refractivity contribution in [1.82, 2.24) is 9.55 Å². The number of hydrogen-bond donors (Lipinski definition) is 1. The average molecular weight is 351 g/mol. The lowest BCUT2D eigenvalue weighted by atomic mass is 10.2. The van der Waals surface area contributed by atoms with Gasteiger partial charge in [0, 0.05) is 17.1 Å². The summed E-state index contributed by atoms with van der Waals surface area (Å²) in [4.78, 5) is 28.6. The fourth-order valence-corrected chi connectivity index (χ4v) is 3.10. The van der Waals surface area contributed by atoms with Crippen molar-refractivity contribution in [2.75, 3.05) is 5.32 Å². The number of amides is 1. The van der Waals surface area contributed by atoms with Gasteiger partial charge < -0.3 is 4.42 Å². The Hall–Kier alpha value is -3.19. The molecular formula is C18H13N3O3S. The molecule has 0 aliphatic rings. The third-order valence-electron chi connectivity index (χ3n) is 3.77. The minimum atomic E-state index is -0.448. The van der Waals surface area contributed by atoms with Gasteiger partial charge in [0.2, 0.25) is 0 Å². The molecule has 0 unspecified atom stereocenters. The number of rotatable bonds is 4. The van der Waals surface area contributed by atoms with Crippen molar-refractivity contribution in [3.8, 4) is 0 Å². The van der Waals surface area contributed by atoms with Crippen LogP contribution in [0, 0.1) is 0 Å². The monoisotopic (exact) mass is 351 g/mol. The number of thiazole rings is 1. The van der Waals surface area contributed by atoms with Crippen LogP contribution >= 0.6 is 11.3 Å². The van der Waals surface area contributed by atoms with Gasteiger partial charge in [-0.25, -0.2) is 9.78 Å². The van der Waals surface area contributed by atoms with E-state index in [1.165, 1.54) is 15.9 Å². The molecule has 4 rings (SSSR count). The minimum Gasteiger partial charge on any atom is -0.408 e.